The molecule has 0 radical (unpaired) electrons. The average molecular weight is 391 g/mol. The van der Waals surface area contributed by atoms with Crippen molar-refractivity contribution >= 4 is 33.7 Å². The lowest BCUT2D eigenvalue weighted by Gasteiger charge is -2.13. The Morgan fingerprint density at radius 2 is 1.68 bits per heavy atom. The number of benzene rings is 2. The molecule has 2 nitrogen and oxygen atoms in total. The molecule has 0 aliphatic heterocycles. The molecule has 0 spiro atoms. The van der Waals surface area contributed by atoms with Crippen molar-refractivity contribution < 1.29 is 22.7 Å². The molecule has 7 heteroatoms. The van der Waals surface area contributed by atoms with Crippen molar-refractivity contribution in [2.45, 2.75) is 16.0 Å². The summed E-state index contributed by atoms with van der Waals surface area (Å²) in [4.78, 5) is 12.6. The molecule has 0 aromatic heterocycles. The largest absolute Gasteiger partial charge is 0.465 e. The zero-order chi connectivity index (χ0) is 16.3. The van der Waals surface area contributed by atoms with Gasteiger partial charge in [0.1, 0.15) is 0 Å². The summed E-state index contributed by atoms with van der Waals surface area (Å²) in [6.45, 7) is 0. The van der Waals surface area contributed by atoms with Crippen LogP contribution >= 0.6 is 27.7 Å². The second-order valence-electron chi connectivity index (χ2n) is 4.25. The van der Waals surface area contributed by atoms with E-state index < -0.39 is 23.3 Å². The Morgan fingerprint density at radius 3 is 2.23 bits per heavy atom. The number of hydrogen-bond acceptors (Lipinski definition) is 3. The summed E-state index contributed by atoms with van der Waals surface area (Å²) in [6, 6.07) is 10.7. The number of alkyl halides is 3. The van der Waals surface area contributed by atoms with Gasteiger partial charge in [-0.3, -0.25) is 0 Å². The van der Waals surface area contributed by atoms with Gasteiger partial charge in [0, 0.05) is 14.3 Å². The van der Waals surface area contributed by atoms with Crippen LogP contribution in [0.3, 0.4) is 0 Å². The fourth-order valence-corrected chi connectivity index (χ4v) is 2.87. The molecule has 2 aromatic carbocycles. The molecule has 0 fully saturated rings. The maximum atomic E-state index is 13.1. The molecule has 0 aliphatic carbocycles. The zero-order valence-corrected chi connectivity index (χ0v) is 13.7. The third-order valence-electron chi connectivity index (χ3n) is 2.75. The molecule has 2 aromatic rings. The summed E-state index contributed by atoms with van der Waals surface area (Å²) >= 11 is 4.47. The highest BCUT2D eigenvalue weighted by molar-refractivity contribution is 9.10. The SMILES string of the molecule is COC(=O)c1ccc(Sc2ccc(Br)cc2)cc1C(F)(F)F. The molecule has 0 saturated carbocycles. The van der Waals surface area contributed by atoms with Crippen molar-refractivity contribution in [2.75, 3.05) is 7.11 Å². The molecule has 116 valence electrons. The average Bonchev–Trinajstić information content (AvgIpc) is 2.48. The van der Waals surface area contributed by atoms with Crippen molar-refractivity contribution in [1.82, 2.24) is 0 Å². The van der Waals surface area contributed by atoms with E-state index in [1.165, 1.54) is 17.8 Å². The topological polar surface area (TPSA) is 26.3 Å². The summed E-state index contributed by atoms with van der Waals surface area (Å²) in [6.07, 6.45) is -4.63. The zero-order valence-electron chi connectivity index (χ0n) is 11.3. The van der Waals surface area contributed by atoms with Crippen LogP contribution in [0.5, 0.6) is 0 Å². The van der Waals surface area contributed by atoms with Gasteiger partial charge in [0.2, 0.25) is 0 Å². The van der Waals surface area contributed by atoms with Crippen molar-refractivity contribution in [3.8, 4) is 0 Å². The van der Waals surface area contributed by atoms with Crippen LogP contribution in [0.4, 0.5) is 13.2 Å². The summed E-state index contributed by atoms with van der Waals surface area (Å²) < 4.78 is 44.6. The molecule has 0 N–H and O–H groups in total. The number of halogens is 4. The Hall–Kier alpha value is -1.47. The first-order valence-corrected chi connectivity index (χ1v) is 7.65. The summed E-state index contributed by atoms with van der Waals surface area (Å²) in [5.74, 6) is -1.01. The van der Waals surface area contributed by atoms with E-state index in [1.807, 2.05) is 0 Å². The lowest BCUT2D eigenvalue weighted by atomic mass is 10.1. The van der Waals surface area contributed by atoms with Gasteiger partial charge in [0.25, 0.3) is 0 Å². The minimum absolute atomic E-state index is 0.391. The second-order valence-corrected chi connectivity index (χ2v) is 6.32. The van der Waals surface area contributed by atoms with E-state index in [2.05, 4.69) is 20.7 Å². The molecular formula is C15H10BrF3O2S. The molecule has 0 amide bonds. The van der Waals surface area contributed by atoms with E-state index >= 15 is 0 Å². The highest BCUT2D eigenvalue weighted by Gasteiger charge is 2.35. The second kappa shape index (κ2) is 6.75. The minimum atomic E-state index is -4.63. The molecule has 22 heavy (non-hydrogen) atoms. The molecule has 2 rings (SSSR count). The number of methoxy groups -OCH3 is 1. The maximum Gasteiger partial charge on any atom is 0.417 e. The highest BCUT2D eigenvalue weighted by Crippen LogP contribution is 2.37. The quantitative estimate of drug-likeness (QED) is 0.655. The van der Waals surface area contributed by atoms with E-state index in [9.17, 15) is 18.0 Å². The lowest BCUT2D eigenvalue weighted by Crippen LogP contribution is -2.14. The van der Waals surface area contributed by atoms with Gasteiger partial charge in [0.05, 0.1) is 18.2 Å². The monoisotopic (exact) mass is 390 g/mol. The Labute approximate surface area is 137 Å². The number of carbonyl (C=O) groups is 1. The van der Waals surface area contributed by atoms with Crippen molar-refractivity contribution in [1.29, 1.82) is 0 Å². The van der Waals surface area contributed by atoms with E-state index in [0.29, 0.717) is 4.90 Å². The Morgan fingerprint density at radius 1 is 1.09 bits per heavy atom. The van der Waals surface area contributed by atoms with Crippen LogP contribution in [0, 0.1) is 0 Å². The van der Waals surface area contributed by atoms with Crippen LogP contribution in [0.2, 0.25) is 0 Å². The maximum absolute atomic E-state index is 13.1. The Balaban J connectivity index is 2.38. The number of esters is 1. The van der Waals surface area contributed by atoms with E-state index in [-0.39, 0.29) is 0 Å². The summed E-state index contributed by atoms with van der Waals surface area (Å²) in [5.41, 5.74) is -1.49. The first-order valence-electron chi connectivity index (χ1n) is 6.04. The van der Waals surface area contributed by atoms with E-state index in [1.54, 1.807) is 24.3 Å². The fraction of sp³-hybridized carbons (Fsp3) is 0.133. The van der Waals surface area contributed by atoms with Gasteiger partial charge in [0.15, 0.2) is 0 Å². The van der Waals surface area contributed by atoms with Gasteiger partial charge < -0.3 is 4.74 Å². The Bertz CT molecular complexity index is 684. The van der Waals surface area contributed by atoms with Gasteiger partial charge in [-0.25, -0.2) is 4.79 Å². The van der Waals surface area contributed by atoms with Crippen molar-refractivity contribution in [2.24, 2.45) is 0 Å². The van der Waals surface area contributed by atoms with Gasteiger partial charge in [-0.05, 0) is 42.5 Å². The first-order chi connectivity index (χ1) is 10.3. The van der Waals surface area contributed by atoms with E-state index in [4.69, 9.17) is 0 Å². The third-order valence-corrected chi connectivity index (χ3v) is 4.28. The number of rotatable bonds is 3. The first kappa shape index (κ1) is 16.9. The lowest BCUT2D eigenvalue weighted by molar-refractivity contribution is -0.138. The number of carbonyl (C=O) groups excluding carboxylic acids is 1. The van der Waals surface area contributed by atoms with Gasteiger partial charge in [-0.2, -0.15) is 13.2 Å². The van der Waals surface area contributed by atoms with Gasteiger partial charge >= 0.3 is 12.1 Å². The summed E-state index contributed by atoms with van der Waals surface area (Å²) in [7, 11) is 1.05. The molecule has 0 aliphatic rings. The minimum Gasteiger partial charge on any atom is -0.465 e. The molecule has 0 unspecified atom stereocenters. The van der Waals surface area contributed by atoms with Crippen LogP contribution < -0.4 is 0 Å². The number of hydrogen-bond donors (Lipinski definition) is 0. The molecule has 0 bridgehead atoms. The van der Waals surface area contributed by atoms with Crippen LogP contribution in [0.15, 0.2) is 56.7 Å². The molecular weight excluding hydrogens is 381 g/mol. The smallest absolute Gasteiger partial charge is 0.417 e. The standard InChI is InChI=1S/C15H10BrF3O2S/c1-21-14(20)12-7-6-11(8-13(12)15(17,18)19)22-10-4-2-9(16)3-5-10/h2-8H,1H3. The highest BCUT2D eigenvalue weighted by atomic mass is 79.9. The molecule has 0 heterocycles. The van der Waals surface area contributed by atoms with Gasteiger partial charge in [-0.1, -0.05) is 27.7 Å². The predicted molar refractivity (Wildman–Crippen MR) is 81.0 cm³/mol. The number of ether oxygens (including phenoxy) is 1. The van der Waals surface area contributed by atoms with Crippen LogP contribution in [0.1, 0.15) is 15.9 Å². The molecule has 0 saturated heterocycles. The normalized spacial score (nSPS) is 11.3. The van der Waals surface area contributed by atoms with E-state index in [0.717, 1.165) is 28.6 Å². The fourth-order valence-electron chi connectivity index (χ4n) is 1.75. The van der Waals surface area contributed by atoms with Crippen molar-refractivity contribution in [3.05, 3.63) is 58.1 Å². The van der Waals surface area contributed by atoms with Crippen molar-refractivity contribution in [3.63, 3.8) is 0 Å². The van der Waals surface area contributed by atoms with Crippen LogP contribution in [-0.4, -0.2) is 13.1 Å². The summed E-state index contributed by atoms with van der Waals surface area (Å²) in [5, 5.41) is 0. The third kappa shape index (κ3) is 4.04. The Kier molecular flexibility index (Phi) is 5.18. The van der Waals surface area contributed by atoms with Gasteiger partial charge in [-0.15, -0.1) is 0 Å². The molecule has 0 atom stereocenters. The predicted octanol–water partition coefficient (Wildman–Crippen LogP) is 5.41. The van der Waals surface area contributed by atoms with Crippen LogP contribution in [-0.2, 0) is 10.9 Å². The van der Waals surface area contributed by atoms with Crippen LogP contribution in [0.25, 0.3) is 0 Å².